The summed E-state index contributed by atoms with van der Waals surface area (Å²) in [4.78, 5) is 10.4. The number of nitrogens with zero attached hydrogens (tertiary/aromatic N) is 3. The van der Waals surface area contributed by atoms with Crippen LogP contribution in [0.5, 0.6) is 0 Å². The quantitative estimate of drug-likeness (QED) is 0.186. The third kappa shape index (κ3) is 4.42. The summed E-state index contributed by atoms with van der Waals surface area (Å²) in [6.45, 7) is 4.70. The van der Waals surface area contributed by atoms with E-state index in [2.05, 4.69) is 158 Å². The summed E-state index contributed by atoms with van der Waals surface area (Å²) in [6, 6.07) is 51.9. The zero-order valence-corrected chi connectivity index (χ0v) is 29.6. The van der Waals surface area contributed by atoms with Gasteiger partial charge < -0.3 is 8.98 Å². The van der Waals surface area contributed by atoms with E-state index in [-0.39, 0.29) is 5.41 Å². The van der Waals surface area contributed by atoms with Crippen molar-refractivity contribution >= 4 is 44.4 Å². The molecule has 0 radical (unpaired) electrons. The van der Waals surface area contributed by atoms with Crippen LogP contribution < -0.4 is 10.6 Å². The number of rotatable bonds is 4. The Morgan fingerprint density at radius 2 is 1.26 bits per heavy atom. The molecule has 6 aromatic carbocycles. The molecule has 0 atom stereocenters. The molecule has 0 spiro atoms. The van der Waals surface area contributed by atoms with Crippen LogP contribution in [0, 0.1) is 0 Å². The third-order valence-electron chi connectivity index (χ3n) is 11.5. The van der Waals surface area contributed by atoms with Gasteiger partial charge in [-0.15, -0.1) is 0 Å². The molecule has 11 rings (SSSR count). The van der Waals surface area contributed by atoms with Gasteiger partial charge >= 0.3 is 0 Å². The number of fused-ring (bicyclic) bond motifs is 9. The molecule has 0 fully saturated rings. The molecule has 0 saturated carbocycles. The van der Waals surface area contributed by atoms with Gasteiger partial charge in [0.25, 0.3) is 0 Å². The summed E-state index contributed by atoms with van der Waals surface area (Å²) >= 11 is 0. The molecule has 0 saturated heterocycles. The summed E-state index contributed by atoms with van der Waals surface area (Å²) in [5, 5.41) is 4.71. The van der Waals surface area contributed by atoms with E-state index >= 15 is 0 Å². The van der Waals surface area contributed by atoms with Gasteiger partial charge in [-0.25, -0.2) is 9.97 Å². The Morgan fingerprint density at radius 3 is 2.04 bits per heavy atom. The summed E-state index contributed by atoms with van der Waals surface area (Å²) in [5.74, 6) is 0.717. The predicted molar refractivity (Wildman–Crippen MR) is 216 cm³/mol. The van der Waals surface area contributed by atoms with E-state index in [4.69, 9.17) is 14.4 Å². The third-order valence-corrected chi connectivity index (χ3v) is 11.5. The lowest BCUT2D eigenvalue weighted by atomic mass is 9.82. The number of furan rings is 1. The van der Waals surface area contributed by atoms with Crippen LogP contribution in [0.1, 0.15) is 43.6 Å². The first-order chi connectivity index (χ1) is 26.0. The van der Waals surface area contributed by atoms with Crippen LogP contribution in [0.4, 0.5) is 0 Å². The van der Waals surface area contributed by atoms with Crippen molar-refractivity contribution in [2.45, 2.75) is 32.1 Å². The van der Waals surface area contributed by atoms with Crippen molar-refractivity contribution in [3.05, 3.63) is 173 Å². The zero-order valence-electron chi connectivity index (χ0n) is 29.6. The van der Waals surface area contributed by atoms with Crippen molar-refractivity contribution in [1.82, 2.24) is 14.5 Å². The van der Waals surface area contributed by atoms with Crippen molar-refractivity contribution in [3.63, 3.8) is 0 Å². The highest BCUT2D eigenvalue weighted by molar-refractivity contribution is 6.12. The summed E-state index contributed by atoms with van der Waals surface area (Å²) in [7, 11) is 0. The molecular weight excluding hydrogens is 647 g/mol. The lowest BCUT2D eigenvalue weighted by Crippen LogP contribution is -2.27. The molecule has 0 amide bonds. The molecular formula is C49H35N3O. The van der Waals surface area contributed by atoms with Crippen molar-refractivity contribution in [3.8, 4) is 39.3 Å². The number of hydrogen-bond acceptors (Lipinski definition) is 3. The van der Waals surface area contributed by atoms with Gasteiger partial charge in [-0.3, -0.25) is 0 Å². The molecule has 53 heavy (non-hydrogen) atoms. The lowest BCUT2D eigenvalue weighted by molar-refractivity contribution is 0.566. The summed E-state index contributed by atoms with van der Waals surface area (Å²) < 4.78 is 9.53. The second-order valence-corrected chi connectivity index (χ2v) is 14.9. The lowest BCUT2D eigenvalue weighted by Gasteiger charge is -2.21. The van der Waals surface area contributed by atoms with E-state index in [1.165, 1.54) is 44.1 Å². The van der Waals surface area contributed by atoms with Crippen LogP contribution in [-0.4, -0.2) is 14.5 Å². The van der Waals surface area contributed by atoms with Crippen molar-refractivity contribution in [2.75, 3.05) is 0 Å². The molecule has 3 aromatic heterocycles. The smallest absolute Gasteiger partial charge is 0.160 e. The second kappa shape index (κ2) is 11.2. The van der Waals surface area contributed by atoms with Crippen LogP contribution in [0.2, 0.25) is 0 Å². The molecule has 252 valence electrons. The molecule has 0 unspecified atom stereocenters. The summed E-state index contributed by atoms with van der Waals surface area (Å²) in [5.41, 5.74) is 15.4. The van der Waals surface area contributed by atoms with E-state index in [0.29, 0.717) is 0 Å². The van der Waals surface area contributed by atoms with Crippen LogP contribution in [0.25, 0.3) is 83.8 Å². The molecule has 0 aliphatic heterocycles. The van der Waals surface area contributed by atoms with Gasteiger partial charge in [-0.05, 0) is 65.4 Å². The number of aromatic nitrogens is 3. The van der Waals surface area contributed by atoms with Crippen LogP contribution in [0.3, 0.4) is 0 Å². The van der Waals surface area contributed by atoms with Crippen molar-refractivity contribution < 1.29 is 4.42 Å². The highest BCUT2D eigenvalue weighted by Crippen LogP contribution is 2.51. The molecule has 4 heteroatoms. The monoisotopic (exact) mass is 681 g/mol. The maximum atomic E-state index is 7.12. The van der Waals surface area contributed by atoms with Crippen LogP contribution in [0.15, 0.2) is 150 Å². The zero-order chi connectivity index (χ0) is 35.3. The van der Waals surface area contributed by atoms with Crippen LogP contribution in [-0.2, 0) is 5.41 Å². The van der Waals surface area contributed by atoms with Gasteiger partial charge in [-0.2, -0.15) is 0 Å². The Morgan fingerprint density at radius 1 is 0.585 bits per heavy atom. The van der Waals surface area contributed by atoms with Crippen molar-refractivity contribution in [2.24, 2.45) is 0 Å². The van der Waals surface area contributed by atoms with E-state index in [9.17, 15) is 0 Å². The van der Waals surface area contributed by atoms with Crippen molar-refractivity contribution in [1.29, 1.82) is 0 Å². The largest absolute Gasteiger partial charge is 0.453 e. The van der Waals surface area contributed by atoms with Gasteiger partial charge in [0.15, 0.2) is 11.4 Å². The fourth-order valence-corrected chi connectivity index (χ4v) is 8.93. The maximum Gasteiger partial charge on any atom is 0.160 e. The SMILES string of the molecule is CC1(C)c2ccccc2-c2cc3c4ccccc4n(-c4cccc5c6c(oc45)=C(c4nc(-c5ccccc5)cc(-c5ccccc5)n4)CCC=6)c3cc21. The highest BCUT2D eigenvalue weighted by Gasteiger charge is 2.36. The average Bonchev–Trinajstić information content (AvgIpc) is 3.83. The van der Waals surface area contributed by atoms with E-state index in [1.807, 2.05) is 12.1 Å². The van der Waals surface area contributed by atoms with Gasteiger partial charge in [0, 0.05) is 43.5 Å². The summed E-state index contributed by atoms with van der Waals surface area (Å²) in [6.07, 6.45) is 4.01. The molecule has 4 nitrogen and oxygen atoms in total. The first kappa shape index (κ1) is 30.1. The Kier molecular flexibility index (Phi) is 6.39. The molecule has 3 heterocycles. The topological polar surface area (TPSA) is 43.9 Å². The average molecular weight is 682 g/mol. The predicted octanol–water partition coefficient (Wildman–Crippen LogP) is 10.7. The van der Waals surface area contributed by atoms with Gasteiger partial charge in [0.1, 0.15) is 5.42 Å². The standard InChI is InChI=1S/C49H35N3O/c1-49(2)39-24-11-9-19-32(39)37-27-38-33-20-10-12-25-43(33)52(45(38)28-40(37)49)44-26-14-22-35-34-21-13-23-36(46(34)53-47(35)44)48-50-41(30-15-5-3-6-16-30)29-42(51-48)31-17-7-4-8-18-31/h3-12,14-22,24-29H,13,23H2,1-2H3. The fourth-order valence-electron chi connectivity index (χ4n) is 8.93. The van der Waals surface area contributed by atoms with E-state index in [0.717, 1.165) is 74.0 Å². The van der Waals surface area contributed by atoms with Gasteiger partial charge in [0.05, 0.1) is 28.1 Å². The number of benzene rings is 6. The Labute approximate surface area is 307 Å². The van der Waals surface area contributed by atoms with Gasteiger partial charge in [0.2, 0.25) is 0 Å². The second-order valence-electron chi connectivity index (χ2n) is 14.9. The highest BCUT2D eigenvalue weighted by atomic mass is 16.3. The minimum Gasteiger partial charge on any atom is -0.453 e. The first-order valence-electron chi connectivity index (χ1n) is 18.5. The Balaban J connectivity index is 1.18. The number of hydrogen-bond donors (Lipinski definition) is 0. The van der Waals surface area contributed by atoms with E-state index < -0.39 is 0 Å². The van der Waals surface area contributed by atoms with Gasteiger partial charge in [-0.1, -0.05) is 135 Å². The minimum absolute atomic E-state index is 0.108. The fraction of sp³-hybridized carbons (Fsp3) is 0.102. The molecule has 9 aromatic rings. The van der Waals surface area contributed by atoms with E-state index in [1.54, 1.807) is 0 Å². The molecule has 0 N–H and O–H groups in total. The van der Waals surface area contributed by atoms with Crippen LogP contribution >= 0.6 is 0 Å². The minimum atomic E-state index is -0.108. The Hall–Kier alpha value is -6.52. The molecule has 2 aliphatic rings. The molecule has 0 bridgehead atoms. The molecule has 2 aliphatic carbocycles. The normalized spacial score (nSPS) is 14.3. The first-order valence-corrected chi connectivity index (χ1v) is 18.5. The Bertz CT molecular complexity index is 3020. The number of para-hydroxylation sites is 2. The maximum absolute atomic E-state index is 7.12.